The third kappa shape index (κ3) is 4.15. The maximum atomic E-state index is 11.0. The van der Waals surface area contributed by atoms with E-state index in [1.165, 1.54) is 0 Å². The van der Waals surface area contributed by atoms with Crippen molar-refractivity contribution in [1.82, 2.24) is 0 Å². The van der Waals surface area contributed by atoms with Crippen molar-refractivity contribution in [1.29, 1.82) is 0 Å². The van der Waals surface area contributed by atoms with Gasteiger partial charge in [-0.2, -0.15) is 0 Å². The molecule has 0 spiro atoms. The number of benzene rings is 3. The van der Waals surface area contributed by atoms with E-state index < -0.39 is 5.97 Å². The number of ether oxygens (including phenoxy) is 1. The molecule has 5 nitrogen and oxygen atoms in total. The van der Waals surface area contributed by atoms with E-state index in [4.69, 9.17) is 20.0 Å². The van der Waals surface area contributed by atoms with Gasteiger partial charge >= 0.3 is 5.97 Å². The summed E-state index contributed by atoms with van der Waals surface area (Å²) < 4.78 is 12.0. The lowest BCUT2D eigenvalue weighted by Gasteiger charge is -2.08. The maximum absolute atomic E-state index is 11.0. The standard InChI is InChI=1S/C24H21NO4/c25-14-16-5-3-7-17(11-16)21-9-4-8-19-12-20(29-24(19)21)15-28-22-10-2-1-6-18(22)13-23(26)27/h1-12H,13-15,25H2,(H,26,27). The average molecular weight is 387 g/mol. The van der Waals surface area contributed by atoms with Crippen molar-refractivity contribution in [2.45, 2.75) is 19.6 Å². The molecule has 0 fully saturated rings. The normalized spacial score (nSPS) is 10.9. The van der Waals surface area contributed by atoms with Crippen LogP contribution in [-0.4, -0.2) is 11.1 Å². The maximum Gasteiger partial charge on any atom is 0.307 e. The van der Waals surface area contributed by atoms with Crippen LogP contribution >= 0.6 is 0 Å². The van der Waals surface area contributed by atoms with Crippen molar-refractivity contribution in [3.05, 3.63) is 89.7 Å². The Hall–Kier alpha value is -3.57. The molecule has 0 unspecified atom stereocenters. The quantitative estimate of drug-likeness (QED) is 0.477. The third-order valence-corrected chi connectivity index (χ3v) is 4.75. The summed E-state index contributed by atoms with van der Waals surface area (Å²) in [5.41, 5.74) is 10.3. The smallest absolute Gasteiger partial charge is 0.307 e. The Balaban J connectivity index is 1.61. The molecular formula is C24H21NO4. The molecule has 0 bridgehead atoms. The molecule has 0 aliphatic rings. The minimum atomic E-state index is -0.894. The molecule has 3 aromatic carbocycles. The van der Waals surface area contributed by atoms with Crippen LogP contribution in [-0.2, 0) is 24.4 Å². The number of hydrogen-bond acceptors (Lipinski definition) is 4. The predicted molar refractivity (Wildman–Crippen MR) is 112 cm³/mol. The molecule has 1 aromatic heterocycles. The van der Waals surface area contributed by atoms with Gasteiger partial charge in [0, 0.05) is 23.1 Å². The lowest BCUT2D eigenvalue weighted by Crippen LogP contribution is -2.03. The molecular weight excluding hydrogens is 366 g/mol. The van der Waals surface area contributed by atoms with Crippen LogP contribution in [0.2, 0.25) is 0 Å². The molecule has 4 rings (SSSR count). The summed E-state index contributed by atoms with van der Waals surface area (Å²) in [7, 11) is 0. The van der Waals surface area contributed by atoms with Crippen LogP contribution in [0.5, 0.6) is 5.75 Å². The number of para-hydroxylation sites is 2. The fourth-order valence-electron chi connectivity index (χ4n) is 3.38. The Kier molecular flexibility index (Phi) is 5.31. The lowest BCUT2D eigenvalue weighted by atomic mass is 10.0. The summed E-state index contributed by atoms with van der Waals surface area (Å²) in [4.78, 5) is 11.0. The van der Waals surface area contributed by atoms with Crippen molar-refractivity contribution >= 4 is 16.9 Å². The van der Waals surface area contributed by atoms with Crippen molar-refractivity contribution in [2.75, 3.05) is 0 Å². The largest absolute Gasteiger partial charge is 0.485 e. The number of hydrogen-bond donors (Lipinski definition) is 2. The van der Waals surface area contributed by atoms with E-state index in [1.807, 2.05) is 48.5 Å². The minimum Gasteiger partial charge on any atom is -0.485 e. The van der Waals surface area contributed by atoms with E-state index in [2.05, 4.69) is 6.07 Å². The molecule has 0 radical (unpaired) electrons. The zero-order valence-electron chi connectivity index (χ0n) is 15.8. The highest BCUT2D eigenvalue weighted by Gasteiger charge is 2.12. The molecule has 0 aliphatic carbocycles. The van der Waals surface area contributed by atoms with E-state index in [0.29, 0.717) is 23.6 Å². The van der Waals surface area contributed by atoms with Gasteiger partial charge in [-0.05, 0) is 29.3 Å². The van der Waals surface area contributed by atoms with Crippen LogP contribution in [0.15, 0.2) is 77.2 Å². The van der Waals surface area contributed by atoms with Gasteiger partial charge in [0.25, 0.3) is 0 Å². The Morgan fingerprint density at radius 2 is 1.83 bits per heavy atom. The minimum absolute atomic E-state index is 0.0854. The highest BCUT2D eigenvalue weighted by Crippen LogP contribution is 2.32. The SMILES string of the molecule is NCc1cccc(-c2cccc3cc(COc4ccccc4CC(=O)O)oc23)c1. The molecule has 4 aromatic rings. The van der Waals surface area contributed by atoms with E-state index in [9.17, 15) is 4.79 Å². The number of carboxylic acid groups (broad SMARTS) is 1. The zero-order chi connectivity index (χ0) is 20.2. The highest BCUT2D eigenvalue weighted by atomic mass is 16.5. The lowest BCUT2D eigenvalue weighted by molar-refractivity contribution is -0.136. The van der Waals surface area contributed by atoms with Crippen molar-refractivity contribution in [2.24, 2.45) is 5.73 Å². The van der Waals surface area contributed by atoms with Crippen LogP contribution in [0.1, 0.15) is 16.9 Å². The van der Waals surface area contributed by atoms with Gasteiger partial charge < -0.3 is 20.0 Å². The fourth-order valence-corrected chi connectivity index (χ4v) is 3.38. The second kappa shape index (κ2) is 8.20. The highest BCUT2D eigenvalue weighted by molar-refractivity contribution is 5.92. The van der Waals surface area contributed by atoms with Crippen molar-refractivity contribution in [3.63, 3.8) is 0 Å². The number of rotatable bonds is 7. The Bertz CT molecular complexity index is 1160. The molecule has 0 amide bonds. The molecule has 3 N–H and O–H groups in total. The molecule has 5 heteroatoms. The Morgan fingerprint density at radius 1 is 1.00 bits per heavy atom. The second-order valence-corrected chi connectivity index (χ2v) is 6.81. The van der Waals surface area contributed by atoms with Gasteiger partial charge in [-0.25, -0.2) is 0 Å². The van der Waals surface area contributed by atoms with E-state index in [0.717, 1.165) is 27.7 Å². The molecule has 0 saturated heterocycles. The summed E-state index contributed by atoms with van der Waals surface area (Å²) in [6.45, 7) is 0.699. The fraction of sp³-hybridized carbons (Fsp3) is 0.125. The first-order valence-electron chi connectivity index (χ1n) is 9.37. The first kappa shape index (κ1) is 18.8. The molecule has 0 saturated carbocycles. The number of carboxylic acids is 1. The first-order chi connectivity index (χ1) is 14.1. The molecule has 29 heavy (non-hydrogen) atoms. The van der Waals surface area contributed by atoms with Gasteiger partial charge in [-0.15, -0.1) is 0 Å². The number of aliphatic carboxylic acids is 1. The molecule has 0 atom stereocenters. The monoisotopic (exact) mass is 387 g/mol. The van der Waals surface area contributed by atoms with Crippen molar-refractivity contribution < 1.29 is 19.1 Å². The van der Waals surface area contributed by atoms with Crippen LogP contribution in [0.4, 0.5) is 0 Å². The van der Waals surface area contributed by atoms with Gasteiger partial charge in [0.05, 0.1) is 6.42 Å². The van der Waals surface area contributed by atoms with Gasteiger partial charge in [-0.3, -0.25) is 4.79 Å². The van der Waals surface area contributed by atoms with Gasteiger partial charge in [-0.1, -0.05) is 54.6 Å². The van der Waals surface area contributed by atoms with Gasteiger partial charge in [0.15, 0.2) is 0 Å². The second-order valence-electron chi connectivity index (χ2n) is 6.81. The van der Waals surface area contributed by atoms with E-state index >= 15 is 0 Å². The van der Waals surface area contributed by atoms with Crippen molar-refractivity contribution in [3.8, 4) is 16.9 Å². The molecule has 0 aliphatic heterocycles. The van der Waals surface area contributed by atoms with E-state index in [-0.39, 0.29) is 13.0 Å². The summed E-state index contributed by atoms with van der Waals surface area (Å²) in [6.07, 6.45) is -0.0854. The summed E-state index contributed by atoms with van der Waals surface area (Å²) in [6, 6.07) is 23.2. The summed E-state index contributed by atoms with van der Waals surface area (Å²) in [5.74, 6) is 0.327. The van der Waals surface area contributed by atoms with Crippen LogP contribution in [0, 0.1) is 0 Å². The number of nitrogens with two attached hydrogens (primary N) is 1. The van der Waals surface area contributed by atoms with Crippen LogP contribution in [0.25, 0.3) is 22.1 Å². The summed E-state index contributed by atoms with van der Waals surface area (Å²) in [5, 5.41) is 10.1. The number of carbonyl (C=O) groups is 1. The number of furan rings is 1. The van der Waals surface area contributed by atoms with Gasteiger partial charge in [0.2, 0.25) is 0 Å². The molecule has 1 heterocycles. The average Bonchev–Trinajstić information content (AvgIpc) is 3.16. The first-order valence-corrected chi connectivity index (χ1v) is 9.37. The van der Waals surface area contributed by atoms with E-state index in [1.54, 1.807) is 18.2 Å². The van der Waals surface area contributed by atoms with Crippen LogP contribution in [0.3, 0.4) is 0 Å². The Morgan fingerprint density at radius 3 is 2.66 bits per heavy atom. The number of fused-ring (bicyclic) bond motifs is 1. The summed E-state index contributed by atoms with van der Waals surface area (Å²) >= 11 is 0. The topological polar surface area (TPSA) is 85.7 Å². The van der Waals surface area contributed by atoms with Gasteiger partial charge in [0.1, 0.15) is 23.7 Å². The third-order valence-electron chi connectivity index (χ3n) is 4.75. The Labute approximate surface area is 168 Å². The molecule has 146 valence electrons. The van der Waals surface area contributed by atoms with Crippen LogP contribution < -0.4 is 10.5 Å². The zero-order valence-corrected chi connectivity index (χ0v) is 15.8. The predicted octanol–water partition coefficient (Wildman–Crippen LogP) is 4.76.